The van der Waals surface area contributed by atoms with Gasteiger partial charge in [-0.25, -0.2) is 0 Å². The summed E-state index contributed by atoms with van der Waals surface area (Å²) in [5.41, 5.74) is 1.19. The first-order valence-electron chi connectivity index (χ1n) is 5.78. The molecule has 18 heavy (non-hydrogen) atoms. The van der Waals surface area contributed by atoms with Gasteiger partial charge in [-0.2, -0.15) is 0 Å². The fourth-order valence-corrected chi connectivity index (χ4v) is 1.87. The lowest BCUT2D eigenvalue weighted by Crippen LogP contribution is -2.02. The maximum Gasteiger partial charge on any atom is 0.196 e. The molecular formula is C15H14O3. The van der Waals surface area contributed by atoms with Gasteiger partial charge in [0.25, 0.3) is 0 Å². The third-order valence-corrected chi connectivity index (χ3v) is 2.84. The Hall–Kier alpha value is -2.29. The predicted molar refractivity (Wildman–Crippen MR) is 69.0 cm³/mol. The highest BCUT2D eigenvalue weighted by Crippen LogP contribution is 2.30. The van der Waals surface area contributed by atoms with Crippen molar-refractivity contribution in [2.45, 2.75) is 13.3 Å². The Morgan fingerprint density at radius 2 is 1.78 bits per heavy atom. The van der Waals surface area contributed by atoms with Crippen molar-refractivity contribution in [2.75, 3.05) is 0 Å². The van der Waals surface area contributed by atoms with E-state index in [0.717, 1.165) is 0 Å². The second kappa shape index (κ2) is 4.92. The van der Waals surface area contributed by atoms with E-state index in [1.54, 1.807) is 24.3 Å². The van der Waals surface area contributed by atoms with Crippen molar-refractivity contribution in [1.29, 1.82) is 0 Å². The van der Waals surface area contributed by atoms with Gasteiger partial charge in [0.05, 0.1) is 5.56 Å². The third kappa shape index (κ3) is 2.20. The van der Waals surface area contributed by atoms with E-state index in [-0.39, 0.29) is 22.8 Å². The lowest BCUT2D eigenvalue weighted by atomic mass is 9.98. The van der Waals surface area contributed by atoms with E-state index < -0.39 is 0 Å². The summed E-state index contributed by atoms with van der Waals surface area (Å²) in [6.07, 6.45) is 0.551. The summed E-state index contributed by atoms with van der Waals surface area (Å²) in [5.74, 6) is -0.355. The van der Waals surface area contributed by atoms with E-state index in [1.165, 1.54) is 12.1 Å². The average molecular weight is 242 g/mol. The molecule has 0 bridgehead atoms. The first-order chi connectivity index (χ1) is 8.63. The van der Waals surface area contributed by atoms with Crippen molar-refractivity contribution < 1.29 is 15.0 Å². The lowest BCUT2D eigenvalue weighted by molar-refractivity contribution is 0.103. The van der Waals surface area contributed by atoms with Gasteiger partial charge in [-0.05, 0) is 24.1 Å². The number of carbonyl (C=O) groups is 1. The largest absolute Gasteiger partial charge is 0.508 e. The number of rotatable bonds is 3. The third-order valence-electron chi connectivity index (χ3n) is 2.84. The smallest absolute Gasteiger partial charge is 0.196 e. The number of carbonyl (C=O) groups excluding carboxylic acids is 1. The van der Waals surface area contributed by atoms with Crippen LogP contribution < -0.4 is 0 Å². The number of phenolic OH excluding ortho intramolecular Hbond substituents is 2. The first kappa shape index (κ1) is 12.2. The fraction of sp³-hybridized carbons (Fsp3) is 0.133. The Bertz CT molecular complexity index is 574. The average Bonchev–Trinajstić information content (AvgIpc) is 2.41. The van der Waals surface area contributed by atoms with E-state index in [4.69, 9.17) is 0 Å². The quantitative estimate of drug-likeness (QED) is 0.642. The number of ketones is 1. The molecule has 0 aromatic heterocycles. The van der Waals surface area contributed by atoms with Crippen LogP contribution in [0.3, 0.4) is 0 Å². The molecule has 0 aliphatic rings. The molecule has 3 heteroatoms. The van der Waals surface area contributed by atoms with Crippen LogP contribution in [0.4, 0.5) is 0 Å². The van der Waals surface area contributed by atoms with Gasteiger partial charge in [-0.1, -0.05) is 37.3 Å². The van der Waals surface area contributed by atoms with Crippen molar-refractivity contribution in [3.05, 3.63) is 59.2 Å². The first-order valence-corrected chi connectivity index (χ1v) is 5.78. The highest BCUT2D eigenvalue weighted by molar-refractivity contribution is 6.11. The Balaban J connectivity index is 2.52. The molecule has 0 aliphatic heterocycles. The number of hydrogen-bond acceptors (Lipinski definition) is 3. The molecule has 92 valence electrons. The number of phenols is 2. The van der Waals surface area contributed by atoms with Crippen LogP contribution in [0.1, 0.15) is 28.4 Å². The summed E-state index contributed by atoms with van der Waals surface area (Å²) in [4.78, 5) is 12.2. The minimum atomic E-state index is -0.293. The van der Waals surface area contributed by atoms with Crippen LogP contribution in [0.15, 0.2) is 42.5 Å². The normalized spacial score (nSPS) is 10.3. The molecule has 2 aromatic carbocycles. The predicted octanol–water partition coefficient (Wildman–Crippen LogP) is 2.89. The molecule has 0 spiro atoms. The molecule has 0 amide bonds. The zero-order valence-corrected chi connectivity index (χ0v) is 10.1. The zero-order chi connectivity index (χ0) is 13.1. The van der Waals surface area contributed by atoms with Crippen molar-refractivity contribution >= 4 is 5.78 Å². The van der Waals surface area contributed by atoms with Gasteiger partial charge in [0.2, 0.25) is 0 Å². The monoisotopic (exact) mass is 242 g/mol. The molecule has 0 heterocycles. The summed E-state index contributed by atoms with van der Waals surface area (Å²) in [5, 5.41) is 19.6. The molecule has 0 aliphatic carbocycles. The van der Waals surface area contributed by atoms with Crippen LogP contribution in [0.25, 0.3) is 0 Å². The molecule has 0 fully saturated rings. The van der Waals surface area contributed by atoms with Gasteiger partial charge in [0.15, 0.2) is 5.78 Å². The van der Waals surface area contributed by atoms with Gasteiger partial charge < -0.3 is 10.2 Å². The van der Waals surface area contributed by atoms with Crippen molar-refractivity contribution in [3.8, 4) is 11.5 Å². The Morgan fingerprint density at radius 3 is 2.39 bits per heavy atom. The molecule has 0 atom stereocenters. The van der Waals surface area contributed by atoms with Crippen molar-refractivity contribution in [3.63, 3.8) is 0 Å². The second-order valence-electron chi connectivity index (χ2n) is 4.05. The second-order valence-corrected chi connectivity index (χ2v) is 4.05. The maximum absolute atomic E-state index is 12.2. The Labute approximate surface area is 105 Å². The number of benzene rings is 2. The standard InChI is InChI=1S/C15H14O3/c1-2-10-8-12(16)9-13(14(10)17)15(18)11-6-4-3-5-7-11/h3-9,16-17H,2H2,1H3. The van der Waals surface area contributed by atoms with Crippen molar-refractivity contribution in [1.82, 2.24) is 0 Å². The molecule has 0 saturated heterocycles. The minimum Gasteiger partial charge on any atom is -0.508 e. The lowest BCUT2D eigenvalue weighted by Gasteiger charge is -2.09. The highest BCUT2D eigenvalue weighted by Gasteiger charge is 2.16. The SMILES string of the molecule is CCc1cc(O)cc(C(=O)c2ccccc2)c1O. The highest BCUT2D eigenvalue weighted by atomic mass is 16.3. The molecule has 0 radical (unpaired) electrons. The van der Waals surface area contributed by atoms with Crippen LogP contribution in [0, 0.1) is 0 Å². The summed E-state index contributed by atoms with van der Waals surface area (Å²) in [6.45, 7) is 1.85. The summed E-state index contributed by atoms with van der Waals surface area (Å²) < 4.78 is 0. The molecular weight excluding hydrogens is 228 g/mol. The van der Waals surface area contributed by atoms with E-state index in [1.807, 2.05) is 13.0 Å². The fourth-order valence-electron chi connectivity index (χ4n) is 1.87. The molecule has 0 saturated carbocycles. The van der Waals surface area contributed by atoms with Gasteiger partial charge in [-0.3, -0.25) is 4.79 Å². The molecule has 2 rings (SSSR count). The van der Waals surface area contributed by atoms with Gasteiger partial charge >= 0.3 is 0 Å². The molecule has 2 aromatic rings. The van der Waals surface area contributed by atoms with Crippen LogP contribution >= 0.6 is 0 Å². The molecule has 2 N–H and O–H groups in total. The Kier molecular flexibility index (Phi) is 3.33. The van der Waals surface area contributed by atoms with Crippen LogP contribution in [0.2, 0.25) is 0 Å². The number of hydrogen-bond donors (Lipinski definition) is 2. The molecule has 0 unspecified atom stereocenters. The molecule has 3 nitrogen and oxygen atoms in total. The van der Waals surface area contributed by atoms with Crippen LogP contribution in [-0.4, -0.2) is 16.0 Å². The van der Waals surface area contributed by atoms with E-state index in [0.29, 0.717) is 17.5 Å². The maximum atomic E-state index is 12.2. The zero-order valence-electron chi connectivity index (χ0n) is 10.1. The topological polar surface area (TPSA) is 57.5 Å². The minimum absolute atomic E-state index is 0.0102. The van der Waals surface area contributed by atoms with Gasteiger partial charge in [-0.15, -0.1) is 0 Å². The Morgan fingerprint density at radius 1 is 1.11 bits per heavy atom. The summed E-state index contributed by atoms with van der Waals surface area (Å²) in [7, 11) is 0. The van der Waals surface area contributed by atoms with Crippen LogP contribution in [-0.2, 0) is 6.42 Å². The van der Waals surface area contributed by atoms with E-state index >= 15 is 0 Å². The van der Waals surface area contributed by atoms with Crippen molar-refractivity contribution in [2.24, 2.45) is 0 Å². The number of aryl methyl sites for hydroxylation is 1. The van der Waals surface area contributed by atoms with Gasteiger partial charge in [0.1, 0.15) is 11.5 Å². The van der Waals surface area contributed by atoms with E-state index in [2.05, 4.69) is 0 Å². The van der Waals surface area contributed by atoms with E-state index in [9.17, 15) is 15.0 Å². The summed E-state index contributed by atoms with van der Waals surface area (Å²) >= 11 is 0. The van der Waals surface area contributed by atoms with Crippen LogP contribution in [0.5, 0.6) is 11.5 Å². The summed E-state index contributed by atoms with van der Waals surface area (Å²) in [6, 6.07) is 11.5. The number of aromatic hydroxyl groups is 2. The van der Waals surface area contributed by atoms with Gasteiger partial charge in [0, 0.05) is 5.56 Å².